The third-order valence-electron chi connectivity index (χ3n) is 4.60. The van der Waals surface area contributed by atoms with Gasteiger partial charge >= 0.3 is 5.97 Å². The molecular formula is C21H20N2O4S. The number of oxazole rings is 1. The van der Waals surface area contributed by atoms with Crippen molar-refractivity contribution in [1.82, 2.24) is 4.98 Å². The smallest absolute Gasteiger partial charge is 0.341 e. The molecule has 4 rings (SSSR count). The quantitative estimate of drug-likeness (QED) is 0.638. The predicted octanol–water partition coefficient (Wildman–Crippen LogP) is 4.60. The molecule has 0 unspecified atom stereocenters. The topological polar surface area (TPSA) is 81.4 Å². The van der Waals surface area contributed by atoms with Crippen LogP contribution in [0.3, 0.4) is 0 Å². The Hall–Kier alpha value is -2.93. The summed E-state index contributed by atoms with van der Waals surface area (Å²) in [6.07, 6.45) is 5.50. The van der Waals surface area contributed by atoms with E-state index in [1.807, 2.05) is 30.3 Å². The van der Waals surface area contributed by atoms with Crippen LogP contribution in [0.2, 0.25) is 0 Å². The number of nitrogens with one attached hydrogen (secondary N) is 1. The van der Waals surface area contributed by atoms with Gasteiger partial charge in [-0.05, 0) is 31.2 Å². The van der Waals surface area contributed by atoms with Crippen LogP contribution < -0.4 is 5.32 Å². The Kier molecular flexibility index (Phi) is 5.25. The van der Waals surface area contributed by atoms with Crippen molar-refractivity contribution in [2.45, 2.75) is 39.2 Å². The molecule has 0 saturated carbocycles. The van der Waals surface area contributed by atoms with Crippen LogP contribution in [-0.2, 0) is 29.0 Å². The highest BCUT2D eigenvalue weighted by Gasteiger charge is 2.27. The van der Waals surface area contributed by atoms with E-state index in [4.69, 9.17) is 9.15 Å². The van der Waals surface area contributed by atoms with Crippen LogP contribution >= 0.6 is 11.3 Å². The zero-order chi connectivity index (χ0) is 19.5. The first-order valence-corrected chi connectivity index (χ1v) is 10.0. The third-order valence-corrected chi connectivity index (χ3v) is 5.81. The maximum atomic E-state index is 12.8. The van der Waals surface area contributed by atoms with Gasteiger partial charge in [0.25, 0.3) is 0 Å². The van der Waals surface area contributed by atoms with Crippen molar-refractivity contribution in [1.29, 1.82) is 0 Å². The number of anilines is 1. The molecule has 2 aromatic heterocycles. The third kappa shape index (κ3) is 3.84. The van der Waals surface area contributed by atoms with Gasteiger partial charge in [-0.15, -0.1) is 11.3 Å². The van der Waals surface area contributed by atoms with Gasteiger partial charge < -0.3 is 14.5 Å². The van der Waals surface area contributed by atoms with Crippen LogP contribution in [0.1, 0.15) is 46.5 Å². The van der Waals surface area contributed by atoms with E-state index in [0.29, 0.717) is 22.2 Å². The summed E-state index contributed by atoms with van der Waals surface area (Å²) in [7, 11) is 0. The van der Waals surface area contributed by atoms with Gasteiger partial charge in [0.1, 0.15) is 5.00 Å². The number of hydrogen-bond donors (Lipinski definition) is 1. The molecule has 0 radical (unpaired) electrons. The molecule has 0 bridgehead atoms. The Labute approximate surface area is 166 Å². The van der Waals surface area contributed by atoms with Gasteiger partial charge in [-0.2, -0.15) is 0 Å². The SMILES string of the molecule is CC(=O)Nc1sc2c(c1C(=O)OCc1ncc(-c3ccccc3)o1)CCCC2. The van der Waals surface area contributed by atoms with Crippen molar-refractivity contribution < 1.29 is 18.7 Å². The lowest BCUT2D eigenvalue weighted by Gasteiger charge is -2.12. The number of benzene rings is 1. The molecule has 1 N–H and O–H groups in total. The Morgan fingerprint density at radius 1 is 1.21 bits per heavy atom. The van der Waals surface area contributed by atoms with Crippen LogP contribution in [0, 0.1) is 0 Å². The Bertz CT molecular complexity index is 1010. The van der Waals surface area contributed by atoms with Gasteiger partial charge in [0.2, 0.25) is 11.8 Å². The lowest BCUT2D eigenvalue weighted by atomic mass is 9.95. The lowest BCUT2D eigenvalue weighted by molar-refractivity contribution is -0.114. The number of nitrogens with zero attached hydrogens (tertiary/aromatic N) is 1. The van der Waals surface area contributed by atoms with Gasteiger partial charge in [-0.1, -0.05) is 30.3 Å². The number of rotatable bonds is 5. The number of aromatic nitrogens is 1. The van der Waals surface area contributed by atoms with E-state index in [-0.39, 0.29) is 12.5 Å². The fraction of sp³-hybridized carbons (Fsp3) is 0.286. The minimum Gasteiger partial charge on any atom is -0.452 e. The number of aryl methyl sites for hydroxylation is 1. The van der Waals surface area contributed by atoms with E-state index in [1.165, 1.54) is 18.3 Å². The van der Waals surface area contributed by atoms with E-state index in [9.17, 15) is 9.59 Å². The van der Waals surface area contributed by atoms with Gasteiger partial charge in [0, 0.05) is 17.4 Å². The molecule has 6 nitrogen and oxygen atoms in total. The van der Waals surface area contributed by atoms with Crippen LogP contribution in [0.4, 0.5) is 5.00 Å². The van der Waals surface area contributed by atoms with Crippen molar-refractivity contribution in [3.05, 3.63) is 58.4 Å². The van der Waals surface area contributed by atoms with E-state index < -0.39 is 5.97 Å². The highest BCUT2D eigenvalue weighted by Crippen LogP contribution is 2.38. The van der Waals surface area contributed by atoms with Crippen LogP contribution in [0.25, 0.3) is 11.3 Å². The summed E-state index contributed by atoms with van der Waals surface area (Å²) in [5, 5.41) is 3.35. The van der Waals surface area contributed by atoms with Gasteiger partial charge in [0.15, 0.2) is 12.4 Å². The second kappa shape index (κ2) is 7.98. The molecule has 0 spiro atoms. The fourth-order valence-corrected chi connectivity index (χ4v) is 4.67. The number of hydrogen-bond acceptors (Lipinski definition) is 6. The van der Waals surface area contributed by atoms with E-state index in [1.54, 1.807) is 6.20 Å². The van der Waals surface area contributed by atoms with Crippen molar-refractivity contribution in [3.8, 4) is 11.3 Å². The molecule has 28 heavy (non-hydrogen) atoms. The molecule has 0 aliphatic heterocycles. The Morgan fingerprint density at radius 2 is 2.00 bits per heavy atom. The van der Waals surface area contributed by atoms with Crippen molar-refractivity contribution in [3.63, 3.8) is 0 Å². The molecular weight excluding hydrogens is 376 g/mol. The lowest BCUT2D eigenvalue weighted by Crippen LogP contribution is -2.13. The predicted molar refractivity (Wildman–Crippen MR) is 106 cm³/mol. The molecule has 0 atom stereocenters. The summed E-state index contributed by atoms with van der Waals surface area (Å²) in [6, 6.07) is 9.61. The second-order valence-corrected chi connectivity index (χ2v) is 7.76. The van der Waals surface area contributed by atoms with E-state index >= 15 is 0 Å². The molecule has 144 valence electrons. The molecule has 7 heteroatoms. The number of thiophene rings is 1. The van der Waals surface area contributed by atoms with Gasteiger partial charge in [-0.3, -0.25) is 4.79 Å². The standard InChI is InChI=1S/C21H20N2O4S/c1-13(24)23-20-19(15-9-5-6-10-17(15)28-20)21(25)26-12-18-22-11-16(27-18)14-7-3-2-4-8-14/h2-4,7-8,11H,5-6,9-10,12H2,1H3,(H,23,24). The van der Waals surface area contributed by atoms with Gasteiger partial charge in [-0.25, -0.2) is 9.78 Å². The summed E-state index contributed by atoms with van der Waals surface area (Å²) in [5.74, 6) is 0.298. The summed E-state index contributed by atoms with van der Waals surface area (Å²) >= 11 is 1.47. The molecule has 1 aromatic carbocycles. The zero-order valence-electron chi connectivity index (χ0n) is 15.5. The number of fused-ring (bicyclic) bond motifs is 1. The maximum absolute atomic E-state index is 12.8. The number of esters is 1. The number of amides is 1. The number of ether oxygens (including phenoxy) is 1. The molecule has 1 aliphatic rings. The van der Waals surface area contributed by atoms with Crippen LogP contribution in [0.5, 0.6) is 0 Å². The normalized spacial score (nSPS) is 13.0. The highest BCUT2D eigenvalue weighted by molar-refractivity contribution is 7.17. The first-order valence-electron chi connectivity index (χ1n) is 9.21. The summed E-state index contributed by atoms with van der Waals surface area (Å²) < 4.78 is 11.2. The Balaban J connectivity index is 1.50. The minimum atomic E-state index is -0.456. The van der Waals surface area contributed by atoms with Crippen molar-refractivity contribution in [2.24, 2.45) is 0 Å². The fourth-order valence-electron chi connectivity index (χ4n) is 3.34. The summed E-state index contributed by atoms with van der Waals surface area (Å²) in [6.45, 7) is 1.38. The molecule has 1 amide bonds. The second-order valence-electron chi connectivity index (χ2n) is 6.66. The van der Waals surface area contributed by atoms with Crippen LogP contribution in [0.15, 0.2) is 40.9 Å². The number of carbonyl (C=O) groups is 2. The first kappa shape index (κ1) is 18.4. The van der Waals surface area contributed by atoms with E-state index in [0.717, 1.165) is 41.7 Å². The molecule has 2 heterocycles. The molecule has 0 fully saturated rings. The summed E-state index contributed by atoms with van der Waals surface area (Å²) in [4.78, 5) is 29.7. The van der Waals surface area contributed by atoms with E-state index in [2.05, 4.69) is 10.3 Å². The Morgan fingerprint density at radius 3 is 2.79 bits per heavy atom. The molecule has 0 saturated heterocycles. The minimum absolute atomic E-state index is 0.0597. The average molecular weight is 396 g/mol. The summed E-state index contributed by atoms with van der Waals surface area (Å²) in [5.41, 5.74) is 2.39. The van der Waals surface area contributed by atoms with Crippen molar-refractivity contribution in [2.75, 3.05) is 5.32 Å². The van der Waals surface area contributed by atoms with Gasteiger partial charge in [0.05, 0.1) is 11.8 Å². The zero-order valence-corrected chi connectivity index (χ0v) is 16.3. The largest absolute Gasteiger partial charge is 0.452 e. The first-order chi connectivity index (χ1) is 13.6. The highest BCUT2D eigenvalue weighted by atomic mass is 32.1. The average Bonchev–Trinajstić information content (AvgIpc) is 3.30. The molecule has 3 aromatic rings. The maximum Gasteiger partial charge on any atom is 0.341 e. The van der Waals surface area contributed by atoms with Crippen LogP contribution in [-0.4, -0.2) is 16.9 Å². The number of carbonyl (C=O) groups excluding carboxylic acids is 2. The van der Waals surface area contributed by atoms with Crippen molar-refractivity contribution >= 4 is 28.2 Å². The molecule has 1 aliphatic carbocycles. The monoisotopic (exact) mass is 396 g/mol.